The summed E-state index contributed by atoms with van der Waals surface area (Å²) in [7, 11) is 0. The highest BCUT2D eigenvalue weighted by molar-refractivity contribution is 5.88. The van der Waals surface area contributed by atoms with Crippen molar-refractivity contribution in [1.29, 1.82) is 0 Å². The van der Waals surface area contributed by atoms with E-state index in [2.05, 4.69) is 15.6 Å². The fourth-order valence-electron chi connectivity index (χ4n) is 2.16. The Kier molecular flexibility index (Phi) is 4.38. The predicted molar refractivity (Wildman–Crippen MR) is 82.4 cm³/mol. The minimum Gasteiger partial charge on any atom is -0.486 e. The highest BCUT2D eigenvalue weighted by Gasteiger charge is 2.11. The van der Waals surface area contributed by atoms with E-state index in [4.69, 9.17) is 9.47 Å². The summed E-state index contributed by atoms with van der Waals surface area (Å²) in [6.07, 6.45) is 2.34. The van der Waals surface area contributed by atoms with Crippen LogP contribution in [-0.2, 0) is 6.42 Å². The number of pyridine rings is 1. The van der Waals surface area contributed by atoms with Crippen molar-refractivity contribution in [2.24, 2.45) is 0 Å². The Bertz CT molecular complexity index is 646. The molecule has 0 radical (unpaired) electrons. The molecule has 0 atom stereocenters. The van der Waals surface area contributed by atoms with Crippen molar-refractivity contribution in [1.82, 2.24) is 10.3 Å². The molecule has 1 aliphatic rings. The van der Waals surface area contributed by atoms with Gasteiger partial charge in [0.2, 0.25) is 0 Å². The van der Waals surface area contributed by atoms with Gasteiger partial charge in [0.15, 0.2) is 11.5 Å². The summed E-state index contributed by atoms with van der Waals surface area (Å²) in [6.45, 7) is 1.68. The lowest BCUT2D eigenvalue weighted by Crippen LogP contribution is -2.30. The van der Waals surface area contributed by atoms with Crippen LogP contribution in [0.2, 0.25) is 0 Å². The second-order valence-electron chi connectivity index (χ2n) is 4.82. The molecule has 0 aliphatic carbocycles. The van der Waals surface area contributed by atoms with E-state index < -0.39 is 0 Å². The normalized spacial score (nSPS) is 12.5. The van der Waals surface area contributed by atoms with Crippen LogP contribution in [-0.4, -0.2) is 30.8 Å². The summed E-state index contributed by atoms with van der Waals surface area (Å²) in [6, 6.07) is 10.9. The number of carbonyl (C=O) groups is 1. The van der Waals surface area contributed by atoms with E-state index in [1.54, 1.807) is 18.3 Å². The molecule has 0 fully saturated rings. The van der Waals surface area contributed by atoms with Gasteiger partial charge in [-0.3, -0.25) is 5.32 Å². The molecule has 22 heavy (non-hydrogen) atoms. The zero-order valence-corrected chi connectivity index (χ0v) is 12.0. The second-order valence-corrected chi connectivity index (χ2v) is 4.82. The molecule has 3 rings (SSSR count). The lowest BCUT2D eigenvalue weighted by molar-refractivity contribution is 0.171. The van der Waals surface area contributed by atoms with Crippen LogP contribution >= 0.6 is 0 Å². The minimum atomic E-state index is -0.267. The molecular weight excluding hydrogens is 282 g/mol. The Morgan fingerprint density at radius 1 is 1.14 bits per heavy atom. The molecule has 2 amide bonds. The molecular formula is C16H17N3O3. The van der Waals surface area contributed by atoms with Crippen molar-refractivity contribution in [2.75, 3.05) is 25.1 Å². The van der Waals surface area contributed by atoms with Crippen LogP contribution < -0.4 is 20.1 Å². The minimum absolute atomic E-state index is 0.267. The van der Waals surface area contributed by atoms with Crippen molar-refractivity contribution in [3.8, 4) is 11.5 Å². The number of hydrogen-bond acceptors (Lipinski definition) is 4. The highest BCUT2D eigenvalue weighted by atomic mass is 16.6. The topological polar surface area (TPSA) is 72.5 Å². The van der Waals surface area contributed by atoms with Gasteiger partial charge in [-0.15, -0.1) is 0 Å². The van der Waals surface area contributed by atoms with Crippen molar-refractivity contribution >= 4 is 11.8 Å². The summed E-state index contributed by atoms with van der Waals surface area (Å²) >= 11 is 0. The number of rotatable bonds is 4. The van der Waals surface area contributed by atoms with E-state index in [0.29, 0.717) is 32.0 Å². The molecule has 6 heteroatoms. The van der Waals surface area contributed by atoms with Gasteiger partial charge in [0, 0.05) is 12.7 Å². The summed E-state index contributed by atoms with van der Waals surface area (Å²) in [5.41, 5.74) is 1.09. The summed E-state index contributed by atoms with van der Waals surface area (Å²) in [5, 5.41) is 5.47. The average Bonchev–Trinajstić information content (AvgIpc) is 2.55. The maximum atomic E-state index is 11.7. The lowest BCUT2D eigenvalue weighted by atomic mass is 10.1. The van der Waals surface area contributed by atoms with Crippen molar-refractivity contribution in [3.05, 3.63) is 48.2 Å². The SMILES string of the molecule is O=C(NCCc1ccc2c(c1)OCCO2)Nc1ccccn1. The molecule has 2 heterocycles. The van der Waals surface area contributed by atoms with E-state index in [9.17, 15) is 4.79 Å². The van der Waals surface area contributed by atoms with Gasteiger partial charge in [0.05, 0.1) is 0 Å². The van der Waals surface area contributed by atoms with Crippen molar-refractivity contribution in [2.45, 2.75) is 6.42 Å². The van der Waals surface area contributed by atoms with Gasteiger partial charge < -0.3 is 14.8 Å². The van der Waals surface area contributed by atoms with Gasteiger partial charge in [-0.25, -0.2) is 9.78 Å². The molecule has 2 aromatic rings. The molecule has 1 aromatic heterocycles. The molecule has 0 saturated heterocycles. The lowest BCUT2D eigenvalue weighted by Gasteiger charge is -2.18. The number of urea groups is 1. The van der Waals surface area contributed by atoms with E-state index in [0.717, 1.165) is 17.1 Å². The van der Waals surface area contributed by atoms with Crippen LogP contribution in [0.3, 0.4) is 0 Å². The number of nitrogens with zero attached hydrogens (tertiary/aromatic N) is 1. The van der Waals surface area contributed by atoms with Crippen LogP contribution in [0.25, 0.3) is 0 Å². The molecule has 6 nitrogen and oxygen atoms in total. The predicted octanol–water partition coefficient (Wildman–Crippen LogP) is 2.22. The number of ether oxygens (including phenoxy) is 2. The van der Waals surface area contributed by atoms with Gasteiger partial charge in [-0.2, -0.15) is 0 Å². The van der Waals surface area contributed by atoms with Gasteiger partial charge >= 0.3 is 6.03 Å². The third kappa shape index (κ3) is 3.66. The summed E-state index contributed by atoms with van der Waals surface area (Å²) < 4.78 is 11.0. The fourth-order valence-corrected chi connectivity index (χ4v) is 2.16. The Labute approximate surface area is 128 Å². The number of benzene rings is 1. The van der Waals surface area contributed by atoms with Crippen LogP contribution in [0, 0.1) is 0 Å². The standard InChI is InChI=1S/C16H17N3O3/c20-16(19-15-3-1-2-7-17-15)18-8-6-12-4-5-13-14(11-12)22-10-9-21-13/h1-5,7,11H,6,8-10H2,(H2,17,18,19,20). The number of nitrogens with one attached hydrogen (secondary N) is 2. The highest BCUT2D eigenvalue weighted by Crippen LogP contribution is 2.30. The maximum Gasteiger partial charge on any atom is 0.320 e. The smallest absolute Gasteiger partial charge is 0.320 e. The van der Waals surface area contributed by atoms with Crippen LogP contribution in [0.15, 0.2) is 42.6 Å². The number of carbonyl (C=O) groups excluding carboxylic acids is 1. The number of hydrogen-bond donors (Lipinski definition) is 2. The first kappa shape index (κ1) is 14.2. The van der Waals surface area contributed by atoms with Gasteiger partial charge in [0.1, 0.15) is 19.0 Å². The molecule has 0 bridgehead atoms. The summed E-state index contributed by atoms with van der Waals surface area (Å²) in [5.74, 6) is 2.07. The van der Waals surface area contributed by atoms with Gasteiger partial charge in [-0.1, -0.05) is 12.1 Å². The molecule has 0 unspecified atom stereocenters. The zero-order chi connectivity index (χ0) is 15.2. The van der Waals surface area contributed by atoms with E-state index in [-0.39, 0.29) is 6.03 Å². The number of anilines is 1. The molecule has 0 spiro atoms. The number of amides is 2. The third-order valence-corrected chi connectivity index (χ3v) is 3.21. The van der Waals surface area contributed by atoms with E-state index in [1.807, 2.05) is 24.3 Å². The first-order chi connectivity index (χ1) is 10.8. The molecule has 1 aliphatic heterocycles. The largest absolute Gasteiger partial charge is 0.486 e. The third-order valence-electron chi connectivity index (χ3n) is 3.21. The fraction of sp³-hybridized carbons (Fsp3) is 0.250. The number of aromatic nitrogens is 1. The van der Waals surface area contributed by atoms with Crippen LogP contribution in [0.4, 0.5) is 10.6 Å². The summed E-state index contributed by atoms with van der Waals surface area (Å²) in [4.78, 5) is 15.8. The Morgan fingerprint density at radius 2 is 2.00 bits per heavy atom. The Hall–Kier alpha value is -2.76. The first-order valence-electron chi connectivity index (χ1n) is 7.16. The second kappa shape index (κ2) is 6.80. The Balaban J connectivity index is 1.47. The van der Waals surface area contributed by atoms with E-state index >= 15 is 0 Å². The molecule has 114 valence electrons. The molecule has 0 saturated carbocycles. The van der Waals surface area contributed by atoms with Crippen molar-refractivity contribution in [3.63, 3.8) is 0 Å². The molecule has 1 aromatic carbocycles. The van der Waals surface area contributed by atoms with E-state index in [1.165, 1.54) is 0 Å². The molecule has 2 N–H and O–H groups in total. The average molecular weight is 299 g/mol. The monoisotopic (exact) mass is 299 g/mol. The first-order valence-corrected chi connectivity index (χ1v) is 7.16. The van der Waals surface area contributed by atoms with Crippen LogP contribution in [0.1, 0.15) is 5.56 Å². The maximum absolute atomic E-state index is 11.7. The van der Waals surface area contributed by atoms with Gasteiger partial charge in [0.25, 0.3) is 0 Å². The van der Waals surface area contributed by atoms with Gasteiger partial charge in [-0.05, 0) is 36.2 Å². The van der Waals surface area contributed by atoms with Crippen LogP contribution in [0.5, 0.6) is 11.5 Å². The quantitative estimate of drug-likeness (QED) is 0.908. The zero-order valence-electron chi connectivity index (χ0n) is 12.0. The Morgan fingerprint density at radius 3 is 2.82 bits per heavy atom. The van der Waals surface area contributed by atoms with Crippen molar-refractivity contribution < 1.29 is 14.3 Å². The number of fused-ring (bicyclic) bond motifs is 1.